The summed E-state index contributed by atoms with van der Waals surface area (Å²) < 4.78 is 8.04. The number of fused-ring (bicyclic) bond motifs is 1. The summed E-state index contributed by atoms with van der Waals surface area (Å²) in [6.07, 6.45) is 9.83. The smallest absolute Gasteiger partial charge is 0.180 e. The van der Waals surface area contributed by atoms with Crippen LogP contribution in [-0.4, -0.2) is 57.9 Å². The lowest BCUT2D eigenvalue weighted by atomic mass is 10.1. The van der Waals surface area contributed by atoms with Crippen molar-refractivity contribution in [2.45, 2.75) is 37.8 Å². The fourth-order valence-electron chi connectivity index (χ4n) is 4.26. The maximum Gasteiger partial charge on any atom is 0.180 e. The van der Waals surface area contributed by atoms with Crippen LogP contribution in [-0.2, 0) is 0 Å². The molecule has 2 aliphatic heterocycles. The number of rotatable bonds is 5. The number of hydrogen-bond donors (Lipinski definition) is 2. The number of aliphatic hydroxyl groups is 1. The van der Waals surface area contributed by atoms with Gasteiger partial charge >= 0.3 is 0 Å². The van der Waals surface area contributed by atoms with Gasteiger partial charge in [-0.15, -0.1) is 0 Å². The fourth-order valence-corrected chi connectivity index (χ4v) is 4.26. The van der Waals surface area contributed by atoms with Gasteiger partial charge in [0.05, 0.1) is 18.0 Å². The average molecular weight is 393 g/mol. The van der Waals surface area contributed by atoms with Gasteiger partial charge in [-0.3, -0.25) is 4.40 Å². The van der Waals surface area contributed by atoms with Crippen LogP contribution in [0.15, 0.2) is 42.9 Å². The van der Waals surface area contributed by atoms with E-state index in [1.807, 2.05) is 24.5 Å². The monoisotopic (exact) mass is 393 g/mol. The van der Waals surface area contributed by atoms with Crippen LogP contribution in [0.1, 0.15) is 25.7 Å². The van der Waals surface area contributed by atoms with Gasteiger partial charge in [0.1, 0.15) is 12.4 Å². The molecule has 2 unspecified atom stereocenters. The van der Waals surface area contributed by atoms with E-state index in [2.05, 4.69) is 36.7 Å². The largest absolute Gasteiger partial charge is 0.492 e. The lowest BCUT2D eigenvalue weighted by Gasteiger charge is -2.23. The summed E-state index contributed by atoms with van der Waals surface area (Å²) in [7, 11) is 0. The van der Waals surface area contributed by atoms with Gasteiger partial charge in [-0.1, -0.05) is 6.42 Å². The second-order valence-electron chi connectivity index (χ2n) is 7.96. The second-order valence-corrected chi connectivity index (χ2v) is 7.96. The predicted octanol–water partition coefficient (Wildman–Crippen LogP) is 2.49. The van der Waals surface area contributed by atoms with E-state index in [-0.39, 0.29) is 6.10 Å². The van der Waals surface area contributed by atoms with Gasteiger partial charge in [0.25, 0.3) is 0 Å². The maximum atomic E-state index is 9.86. The van der Waals surface area contributed by atoms with Crippen molar-refractivity contribution in [1.82, 2.24) is 19.7 Å². The molecule has 2 fully saturated rings. The number of ether oxygens (including phenoxy) is 1. The lowest BCUT2D eigenvalue weighted by Crippen LogP contribution is -2.38. The molecule has 152 valence electrons. The molecule has 3 aromatic rings. The fraction of sp³-hybridized carbons (Fsp3) is 0.455. The summed E-state index contributed by atoms with van der Waals surface area (Å²) in [4.78, 5) is 11.2. The standard InChI is InChI=1S/C22H27N5O2/c28-18-8-11-26(14-18)21-22-25-13-20(27(22)12-10-24-21)16-4-6-19(7-5-16)29-15-17-3-1-2-9-23-17/h4-7,10,12-13,17-18,23,28H,1-3,8-9,11,14-15H2. The Morgan fingerprint density at radius 1 is 1.14 bits per heavy atom. The van der Waals surface area contributed by atoms with Crippen molar-refractivity contribution >= 4 is 11.5 Å². The Hall–Kier alpha value is -2.64. The molecule has 29 heavy (non-hydrogen) atoms. The Morgan fingerprint density at radius 3 is 2.79 bits per heavy atom. The van der Waals surface area contributed by atoms with Gasteiger partial charge in [-0.2, -0.15) is 0 Å². The highest BCUT2D eigenvalue weighted by molar-refractivity contribution is 5.71. The van der Waals surface area contributed by atoms with Crippen molar-refractivity contribution in [2.75, 3.05) is 31.1 Å². The summed E-state index contributed by atoms with van der Waals surface area (Å²) in [6.45, 7) is 3.22. The number of piperidine rings is 1. The van der Waals surface area contributed by atoms with E-state index < -0.39 is 0 Å². The van der Waals surface area contributed by atoms with E-state index in [9.17, 15) is 5.11 Å². The number of nitrogens with zero attached hydrogens (tertiary/aromatic N) is 4. The van der Waals surface area contributed by atoms with Gasteiger partial charge < -0.3 is 20.1 Å². The van der Waals surface area contributed by atoms with E-state index in [0.717, 1.165) is 48.0 Å². The number of anilines is 1. The quantitative estimate of drug-likeness (QED) is 0.694. The SMILES string of the molecule is OC1CCN(c2nccn3c(-c4ccc(OCC5CCCCN5)cc4)cnc23)C1. The molecule has 7 nitrogen and oxygen atoms in total. The van der Waals surface area contributed by atoms with Gasteiger partial charge in [-0.25, -0.2) is 9.97 Å². The second kappa shape index (κ2) is 8.00. The summed E-state index contributed by atoms with van der Waals surface area (Å²) >= 11 is 0. The number of aromatic nitrogens is 3. The molecule has 2 saturated heterocycles. The topological polar surface area (TPSA) is 74.9 Å². The molecule has 0 spiro atoms. The van der Waals surface area contributed by atoms with Crippen molar-refractivity contribution in [3.8, 4) is 17.0 Å². The molecule has 0 amide bonds. The first-order valence-electron chi connectivity index (χ1n) is 10.5. The number of aliphatic hydroxyl groups excluding tert-OH is 1. The van der Waals surface area contributed by atoms with Gasteiger partial charge in [0.15, 0.2) is 11.5 Å². The highest BCUT2D eigenvalue weighted by Crippen LogP contribution is 2.28. The maximum absolute atomic E-state index is 9.86. The Bertz CT molecular complexity index is 965. The average Bonchev–Trinajstić information content (AvgIpc) is 3.40. The third kappa shape index (κ3) is 3.80. The molecule has 1 aromatic carbocycles. The minimum atomic E-state index is -0.289. The number of imidazole rings is 1. The molecule has 4 heterocycles. The highest BCUT2D eigenvalue weighted by Gasteiger charge is 2.24. The number of hydrogen-bond acceptors (Lipinski definition) is 6. The van der Waals surface area contributed by atoms with E-state index >= 15 is 0 Å². The third-order valence-corrected chi connectivity index (χ3v) is 5.89. The van der Waals surface area contributed by atoms with Crippen LogP contribution in [0.4, 0.5) is 5.82 Å². The van der Waals surface area contributed by atoms with Gasteiger partial charge in [0.2, 0.25) is 0 Å². The summed E-state index contributed by atoms with van der Waals surface area (Å²) in [6, 6.07) is 8.66. The van der Waals surface area contributed by atoms with Crippen LogP contribution in [0, 0.1) is 0 Å². The lowest BCUT2D eigenvalue weighted by molar-refractivity contribution is 0.198. The van der Waals surface area contributed by atoms with Crippen molar-refractivity contribution in [3.05, 3.63) is 42.9 Å². The van der Waals surface area contributed by atoms with Crippen LogP contribution in [0.5, 0.6) is 5.75 Å². The zero-order valence-electron chi connectivity index (χ0n) is 16.5. The van der Waals surface area contributed by atoms with Crippen LogP contribution in [0.25, 0.3) is 16.9 Å². The van der Waals surface area contributed by atoms with E-state index in [0.29, 0.717) is 19.2 Å². The zero-order valence-corrected chi connectivity index (χ0v) is 16.5. The predicted molar refractivity (Wildman–Crippen MR) is 112 cm³/mol. The highest BCUT2D eigenvalue weighted by atomic mass is 16.5. The normalized spacial score (nSPS) is 22.3. The van der Waals surface area contributed by atoms with E-state index in [1.54, 1.807) is 6.20 Å². The van der Waals surface area contributed by atoms with Crippen molar-refractivity contribution in [1.29, 1.82) is 0 Å². The summed E-state index contributed by atoms with van der Waals surface area (Å²) in [5.41, 5.74) is 2.92. The minimum Gasteiger partial charge on any atom is -0.492 e. The number of β-amino-alcohol motifs (C(OH)–C–C–N with tert-alkyl or cyclic N) is 1. The summed E-state index contributed by atoms with van der Waals surface area (Å²) in [5, 5.41) is 13.4. The van der Waals surface area contributed by atoms with Gasteiger partial charge in [0, 0.05) is 37.1 Å². The van der Waals surface area contributed by atoms with Crippen LogP contribution < -0.4 is 15.0 Å². The number of benzene rings is 1. The Labute approximate surface area is 170 Å². The van der Waals surface area contributed by atoms with Crippen LogP contribution >= 0.6 is 0 Å². The van der Waals surface area contributed by atoms with Crippen molar-refractivity contribution in [3.63, 3.8) is 0 Å². The molecule has 2 aromatic heterocycles. The molecule has 0 saturated carbocycles. The molecule has 2 N–H and O–H groups in total. The number of nitrogens with one attached hydrogen (secondary N) is 1. The minimum absolute atomic E-state index is 0.289. The Kier molecular flexibility index (Phi) is 5.08. The molecular formula is C22H27N5O2. The first kappa shape index (κ1) is 18.4. The first-order valence-corrected chi connectivity index (χ1v) is 10.5. The molecular weight excluding hydrogens is 366 g/mol. The Morgan fingerprint density at radius 2 is 2.03 bits per heavy atom. The van der Waals surface area contributed by atoms with Crippen molar-refractivity contribution in [2.24, 2.45) is 0 Å². The molecule has 0 radical (unpaired) electrons. The first-order chi connectivity index (χ1) is 14.3. The molecule has 0 bridgehead atoms. The van der Waals surface area contributed by atoms with Crippen LogP contribution in [0.3, 0.4) is 0 Å². The molecule has 0 aliphatic carbocycles. The van der Waals surface area contributed by atoms with Gasteiger partial charge in [-0.05, 0) is 50.1 Å². The summed E-state index contributed by atoms with van der Waals surface area (Å²) in [5.74, 6) is 1.72. The Balaban J connectivity index is 1.34. The zero-order chi connectivity index (χ0) is 19.6. The molecule has 5 rings (SSSR count). The molecule has 2 aliphatic rings. The molecule has 7 heteroatoms. The van der Waals surface area contributed by atoms with E-state index in [4.69, 9.17) is 4.74 Å². The molecule has 2 atom stereocenters. The van der Waals surface area contributed by atoms with Crippen molar-refractivity contribution < 1.29 is 9.84 Å². The van der Waals surface area contributed by atoms with Crippen LogP contribution in [0.2, 0.25) is 0 Å². The van der Waals surface area contributed by atoms with E-state index in [1.165, 1.54) is 19.3 Å². The third-order valence-electron chi connectivity index (χ3n) is 5.89.